The highest BCUT2D eigenvalue weighted by atomic mass is 15.3. The van der Waals surface area contributed by atoms with E-state index in [9.17, 15) is 0 Å². The largest absolute Gasteiger partial charge is 0.370 e. The molecule has 0 aromatic heterocycles. The van der Waals surface area contributed by atoms with Crippen LogP contribution in [0.1, 0.15) is 12.0 Å². The second-order valence-electron chi connectivity index (χ2n) is 5.52. The Bertz CT molecular complexity index is 383. The Hall–Kier alpha value is -1.06. The summed E-state index contributed by atoms with van der Waals surface area (Å²) < 4.78 is 0. The Morgan fingerprint density at radius 3 is 2.44 bits per heavy atom. The van der Waals surface area contributed by atoms with Crippen molar-refractivity contribution in [2.24, 2.45) is 0 Å². The van der Waals surface area contributed by atoms with Crippen molar-refractivity contribution in [1.29, 1.82) is 0 Å². The molecule has 2 fully saturated rings. The molecule has 2 saturated heterocycles. The van der Waals surface area contributed by atoms with Gasteiger partial charge < -0.3 is 10.2 Å². The summed E-state index contributed by atoms with van der Waals surface area (Å²) in [6.07, 6.45) is 1.28. The molecule has 2 heterocycles. The molecule has 0 aliphatic carbocycles. The lowest BCUT2D eigenvalue weighted by molar-refractivity contribution is 0.155. The normalized spacial score (nSPS) is 22.6. The van der Waals surface area contributed by atoms with Crippen LogP contribution in [0.4, 0.5) is 5.69 Å². The van der Waals surface area contributed by atoms with E-state index in [4.69, 9.17) is 0 Å². The molecule has 18 heavy (non-hydrogen) atoms. The number of aryl methyl sites for hydroxylation is 1. The van der Waals surface area contributed by atoms with Crippen LogP contribution in [0.5, 0.6) is 0 Å². The molecule has 0 atom stereocenters. The number of nitrogens with zero attached hydrogens (tertiary/aromatic N) is 2. The summed E-state index contributed by atoms with van der Waals surface area (Å²) >= 11 is 0. The molecule has 0 radical (unpaired) electrons. The number of hydrogen-bond donors (Lipinski definition) is 1. The topological polar surface area (TPSA) is 18.5 Å². The van der Waals surface area contributed by atoms with Gasteiger partial charge in [-0.15, -0.1) is 0 Å². The first kappa shape index (κ1) is 12.0. The molecular weight excluding hydrogens is 222 g/mol. The van der Waals surface area contributed by atoms with Gasteiger partial charge in [0.15, 0.2) is 0 Å². The minimum absolute atomic E-state index is 0.794. The molecule has 0 unspecified atom stereocenters. The van der Waals surface area contributed by atoms with E-state index in [-0.39, 0.29) is 0 Å². The molecule has 1 N–H and O–H groups in total. The van der Waals surface area contributed by atoms with Crippen molar-refractivity contribution in [3.63, 3.8) is 0 Å². The van der Waals surface area contributed by atoms with Gasteiger partial charge in [-0.2, -0.15) is 0 Å². The maximum absolute atomic E-state index is 3.37. The van der Waals surface area contributed by atoms with Crippen LogP contribution in [0, 0.1) is 6.92 Å². The Kier molecular flexibility index (Phi) is 3.52. The third kappa shape index (κ3) is 2.52. The minimum Gasteiger partial charge on any atom is -0.370 e. The van der Waals surface area contributed by atoms with Crippen LogP contribution in [0.2, 0.25) is 0 Å². The number of benzene rings is 1. The van der Waals surface area contributed by atoms with Crippen LogP contribution in [-0.2, 0) is 0 Å². The first-order valence-electron chi connectivity index (χ1n) is 7.09. The molecule has 0 saturated carbocycles. The van der Waals surface area contributed by atoms with Gasteiger partial charge in [-0.1, -0.05) is 17.7 Å². The predicted octanol–water partition coefficient (Wildman–Crippen LogP) is 1.48. The Labute approximate surface area is 110 Å². The fraction of sp³-hybridized carbons (Fsp3) is 0.600. The summed E-state index contributed by atoms with van der Waals surface area (Å²) in [7, 11) is 0. The standard InChI is InChI=1S/C15H23N3/c1-13-3-5-14(6-4-13)17-7-2-8-18(10-9-17)15-11-16-12-15/h3-6,15-16H,2,7-12H2,1H3. The smallest absolute Gasteiger partial charge is 0.0366 e. The first-order valence-corrected chi connectivity index (χ1v) is 7.09. The van der Waals surface area contributed by atoms with Gasteiger partial charge in [0.05, 0.1) is 0 Å². The van der Waals surface area contributed by atoms with Crippen molar-refractivity contribution < 1.29 is 0 Å². The first-order chi connectivity index (χ1) is 8.83. The zero-order chi connectivity index (χ0) is 12.4. The number of hydrogen-bond acceptors (Lipinski definition) is 3. The van der Waals surface area contributed by atoms with Gasteiger partial charge in [-0.05, 0) is 25.5 Å². The van der Waals surface area contributed by atoms with Crippen LogP contribution in [0.3, 0.4) is 0 Å². The van der Waals surface area contributed by atoms with E-state index < -0.39 is 0 Å². The number of rotatable bonds is 2. The third-order valence-electron chi connectivity index (χ3n) is 4.21. The van der Waals surface area contributed by atoms with Crippen LogP contribution in [-0.4, -0.2) is 50.2 Å². The van der Waals surface area contributed by atoms with Gasteiger partial charge in [0.25, 0.3) is 0 Å². The lowest BCUT2D eigenvalue weighted by atomic mass is 10.1. The SMILES string of the molecule is Cc1ccc(N2CCCN(C3CNC3)CC2)cc1. The monoisotopic (exact) mass is 245 g/mol. The molecule has 0 bridgehead atoms. The second-order valence-corrected chi connectivity index (χ2v) is 5.52. The highest BCUT2D eigenvalue weighted by Gasteiger charge is 2.26. The predicted molar refractivity (Wildman–Crippen MR) is 76.2 cm³/mol. The molecule has 1 aromatic rings. The third-order valence-corrected chi connectivity index (χ3v) is 4.21. The molecule has 98 valence electrons. The molecule has 2 aliphatic heterocycles. The molecule has 0 spiro atoms. The van der Waals surface area contributed by atoms with Gasteiger partial charge in [0.2, 0.25) is 0 Å². The molecule has 3 heteroatoms. The van der Waals surface area contributed by atoms with Crippen LogP contribution in [0.15, 0.2) is 24.3 Å². The molecule has 3 nitrogen and oxygen atoms in total. The average molecular weight is 245 g/mol. The van der Waals surface area contributed by atoms with Crippen LogP contribution >= 0.6 is 0 Å². The van der Waals surface area contributed by atoms with Crippen molar-refractivity contribution in [3.8, 4) is 0 Å². The quantitative estimate of drug-likeness (QED) is 0.851. The summed E-state index contributed by atoms with van der Waals surface area (Å²) in [5, 5.41) is 3.37. The van der Waals surface area contributed by atoms with E-state index in [2.05, 4.69) is 46.3 Å². The molecule has 1 aromatic carbocycles. The van der Waals surface area contributed by atoms with E-state index in [0.29, 0.717) is 0 Å². The second kappa shape index (κ2) is 5.29. The average Bonchev–Trinajstić information content (AvgIpc) is 2.54. The van der Waals surface area contributed by atoms with E-state index in [1.54, 1.807) is 0 Å². The fourth-order valence-electron chi connectivity index (χ4n) is 2.85. The maximum atomic E-state index is 3.37. The lowest BCUT2D eigenvalue weighted by Gasteiger charge is -2.37. The van der Waals surface area contributed by atoms with Gasteiger partial charge in [0, 0.05) is 51.0 Å². The molecule has 2 aliphatic rings. The van der Waals surface area contributed by atoms with E-state index in [1.807, 2.05) is 0 Å². The zero-order valence-electron chi connectivity index (χ0n) is 11.2. The van der Waals surface area contributed by atoms with Gasteiger partial charge in [0.1, 0.15) is 0 Å². The molecule has 3 rings (SSSR count). The summed E-state index contributed by atoms with van der Waals surface area (Å²) in [6, 6.07) is 9.75. The summed E-state index contributed by atoms with van der Waals surface area (Å²) in [5.74, 6) is 0. The highest BCUT2D eigenvalue weighted by Crippen LogP contribution is 2.18. The number of anilines is 1. The lowest BCUT2D eigenvalue weighted by Crippen LogP contribution is -2.57. The van der Waals surface area contributed by atoms with Crippen molar-refractivity contribution >= 4 is 5.69 Å². The van der Waals surface area contributed by atoms with Crippen LogP contribution < -0.4 is 10.2 Å². The molecule has 0 amide bonds. The van der Waals surface area contributed by atoms with Crippen molar-refractivity contribution in [2.75, 3.05) is 44.2 Å². The Balaban J connectivity index is 1.62. The van der Waals surface area contributed by atoms with E-state index in [0.717, 1.165) is 6.04 Å². The maximum Gasteiger partial charge on any atom is 0.0366 e. The highest BCUT2D eigenvalue weighted by molar-refractivity contribution is 5.47. The number of nitrogens with one attached hydrogen (secondary N) is 1. The van der Waals surface area contributed by atoms with Crippen molar-refractivity contribution in [1.82, 2.24) is 10.2 Å². The van der Waals surface area contributed by atoms with Gasteiger partial charge in [-0.25, -0.2) is 0 Å². The van der Waals surface area contributed by atoms with E-state index in [1.165, 1.54) is 56.9 Å². The summed E-state index contributed by atoms with van der Waals surface area (Å²) in [6.45, 7) is 9.35. The minimum atomic E-state index is 0.794. The van der Waals surface area contributed by atoms with Gasteiger partial charge in [-0.3, -0.25) is 4.90 Å². The summed E-state index contributed by atoms with van der Waals surface area (Å²) in [5.41, 5.74) is 2.73. The summed E-state index contributed by atoms with van der Waals surface area (Å²) in [4.78, 5) is 5.19. The van der Waals surface area contributed by atoms with Crippen LogP contribution in [0.25, 0.3) is 0 Å². The zero-order valence-corrected chi connectivity index (χ0v) is 11.2. The van der Waals surface area contributed by atoms with Crippen molar-refractivity contribution in [2.45, 2.75) is 19.4 Å². The van der Waals surface area contributed by atoms with Crippen molar-refractivity contribution in [3.05, 3.63) is 29.8 Å². The molecular formula is C15H23N3. The van der Waals surface area contributed by atoms with E-state index >= 15 is 0 Å². The Morgan fingerprint density at radius 2 is 1.78 bits per heavy atom. The Morgan fingerprint density at radius 1 is 1.00 bits per heavy atom. The van der Waals surface area contributed by atoms with Gasteiger partial charge >= 0.3 is 0 Å². The fourth-order valence-corrected chi connectivity index (χ4v) is 2.85.